The van der Waals surface area contributed by atoms with Crippen molar-refractivity contribution in [2.75, 3.05) is 32.0 Å². The van der Waals surface area contributed by atoms with Crippen LogP contribution in [0.3, 0.4) is 0 Å². The van der Waals surface area contributed by atoms with Gasteiger partial charge in [0.05, 0.1) is 0 Å². The number of hydrogen-bond donors (Lipinski definition) is 4. The van der Waals surface area contributed by atoms with Gasteiger partial charge in [-0.15, -0.1) is 35.3 Å². The topological polar surface area (TPSA) is 112 Å². The zero-order chi connectivity index (χ0) is 20.9. The summed E-state index contributed by atoms with van der Waals surface area (Å²) < 4.78 is 27.3. The molecule has 1 aromatic carbocycles. The largest absolute Gasteiger partial charge is 0.356 e. The molecule has 1 unspecified atom stereocenters. The molecule has 0 saturated heterocycles. The van der Waals surface area contributed by atoms with E-state index in [2.05, 4.69) is 25.7 Å². The Balaban J connectivity index is 0.00000320. The molecule has 2 aromatic rings. The third-order valence-corrected chi connectivity index (χ3v) is 7.49. The van der Waals surface area contributed by atoms with Crippen molar-refractivity contribution < 1.29 is 13.2 Å². The number of amides is 1. The molecule has 8 nitrogen and oxygen atoms in total. The minimum atomic E-state index is -3.49. The van der Waals surface area contributed by atoms with Crippen molar-refractivity contribution in [2.45, 2.75) is 23.5 Å². The summed E-state index contributed by atoms with van der Waals surface area (Å²) in [7, 11) is -1.84. The summed E-state index contributed by atoms with van der Waals surface area (Å²) in [6.07, 6.45) is 0.404. The van der Waals surface area contributed by atoms with Crippen LogP contribution in [0.25, 0.3) is 0 Å². The normalized spacial score (nSPS) is 16.3. The molecule has 30 heavy (non-hydrogen) atoms. The molecule has 1 aliphatic rings. The van der Waals surface area contributed by atoms with Crippen LogP contribution in [0.5, 0.6) is 0 Å². The van der Waals surface area contributed by atoms with Crippen molar-refractivity contribution in [3.05, 3.63) is 46.8 Å². The van der Waals surface area contributed by atoms with Crippen molar-refractivity contribution in [3.63, 3.8) is 0 Å². The molecule has 0 bridgehead atoms. The predicted octanol–water partition coefficient (Wildman–Crippen LogP) is 2.24. The molecule has 3 rings (SSSR count). The summed E-state index contributed by atoms with van der Waals surface area (Å²) in [5.74, 6) is 0.593. The maximum absolute atomic E-state index is 12.2. The Morgan fingerprint density at radius 1 is 1.20 bits per heavy atom. The quantitative estimate of drug-likeness (QED) is 0.179. The SMILES string of the molecule is CN=C(NCCNS(=O)(=O)c1ccc(C)s1)NCC1CC(=O)Nc2ccccc21.I. The van der Waals surface area contributed by atoms with E-state index in [1.54, 1.807) is 19.2 Å². The van der Waals surface area contributed by atoms with Crippen LogP contribution in [0.4, 0.5) is 5.69 Å². The first-order valence-electron chi connectivity index (χ1n) is 9.28. The zero-order valence-electron chi connectivity index (χ0n) is 16.8. The first kappa shape index (κ1) is 24.6. The number of aliphatic imine (C=N–C) groups is 1. The van der Waals surface area contributed by atoms with E-state index < -0.39 is 10.0 Å². The number of para-hydroxylation sites is 1. The van der Waals surface area contributed by atoms with Gasteiger partial charge >= 0.3 is 0 Å². The fourth-order valence-electron chi connectivity index (χ4n) is 3.12. The summed E-state index contributed by atoms with van der Waals surface area (Å²) in [5.41, 5.74) is 1.94. The van der Waals surface area contributed by atoms with Gasteiger partial charge in [-0.05, 0) is 30.7 Å². The lowest BCUT2D eigenvalue weighted by molar-refractivity contribution is -0.116. The predicted molar refractivity (Wildman–Crippen MR) is 131 cm³/mol. The van der Waals surface area contributed by atoms with Crippen LogP contribution >= 0.6 is 35.3 Å². The molecule has 164 valence electrons. The third kappa shape index (κ3) is 6.40. The molecule has 4 N–H and O–H groups in total. The molecule has 1 aliphatic heterocycles. The summed E-state index contributed by atoms with van der Waals surface area (Å²) in [6, 6.07) is 11.2. The first-order valence-corrected chi connectivity index (χ1v) is 11.6. The Bertz CT molecular complexity index is 1010. The summed E-state index contributed by atoms with van der Waals surface area (Å²) in [6.45, 7) is 3.03. The number of aryl methyl sites for hydroxylation is 1. The van der Waals surface area contributed by atoms with E-state index in [-0.39, 0.29) is 42.3 Å². The maximum Gasteiger partial charge on any atom is 0.250 e. The highest BCUT2D eigenvalue weighted by Crippen LogP contribution is 2.31. The van der Waals surface area contributed by atoms with Gasteiger partial charge in [-0.2, -0.15) is 0 Å². The van der Waals surface area contributed by atoms with Crippen molar-refractivity contribution in [2.24, 2.45) is 4.99 Å². The fraction of sp³-hybridized carbons (Fsp3) is 0.368. The highest BCUT2D eigenvalue weighted by atomic mass is 127. The van der Waals surface area contributed by atoms with Gasteiger partial charge in [-0.3, -0.25) is 9.79 Å². The van der Waals surface area contributed by atoms with E-state index >= 15 is 0 Å². The molecule has 1 aromatic heterocycles. The number of anilines is 1. The van der Waals surface area contributed by atoms with Crippen LogP contribution in [0, 0.1) is 6.92 Å². The zero-order valence-corrected chi connectivity index (χ0v) is 20.7. The second kappa shape index (κ2) is 11.1. The second-order valence-electron chi connectivity index (χ2n) is 6.68. The van der Waals surface area contributed by atoms with Crippen LogP contribution in [0.1, 0.15) is 22.8 Å². The summed E-state index contributed by atoms with van der Waals surface area (Å²) in [4.78, 5) is 17.0. The molecule has 0 fully saturated rings. The Morgan fingerprint density at radius 3 is 2.67 bits per heavy atom. The highest BCUT2D eigenvalue weighted by molar-refractivity contribution is 14.0. The number of thiophene rings is 1. The van der Waals surface area contributed by atoms with E-state index in [4.69, 9.17) is 0 Å². The van der Waals surface area contributed by atoms with Crippen LogP contribution in [0.2, 0.25) is 0 Å². The minimum absolute atomic E-state index is 0. The molecular formula is C19H26IN5O3S2. The van der Waals surface area contributed by atoms with E-state index in [9.17, 15) is 13.2 Å². The molecule has 11 heteroatoms. The van der Waals surface area contributed by atoms with Gasteiger partial charge in [0.15, 0.2) is 5.96 Å². The number of carbonyl (C=O) groups is 1. The molecule has 0 radical (unpaired) electrons. The Kier molecular flexibility index (Phi) is 9.07. The first-order chi connectivity index (χ1) is 13.9. The summed E-state index contributed by atoms with van der Waals surface area (Å²) >= 11 is 1.24. The van der Waals surface area contributed by atoms with Crippen molar-refractivity contribution in [3.8, 4) is 0 Å². The van der Waals surface area contributed by atoms with Gasteiger partial charge in [0.25, 0.3) is 0 Å². The molecule has 0 spiro atoms. The summed E-state index contributed by atoms with van der Waals surface area (Å²) in [5, 5.41) is 9.19. The Labute approximate surface area is 198 Å². The van der Waals surface area contributed by atoms with Gasteiger partial charge in [0.2, 0.25) is 15.9 Å². The maximum atomic E-state index is 12.2. The van der Waals surface area contributed by atoms with Gasteiger partial charge in [-0.25, -0.2) is 13.1 Å². The monoisotopic (exact) mass is 563 g/mol. The number of halogens is 1. The third-order valence-electron chi connectivity index (χ3n) is 4.54. The lowest BCUT2D eigenvalue weighted by atomic mass is 9.90. The number of sulfonamides is 1. The van der Waals surface area contributed by atoms with Crippen LogP contribution in [-0.2, 0) is 14.8 Å². The number of fused-ring (bicyclic) bond motifs is 1. The number of hydrogen-bond acceptors (Lipinski definition) is 5. The molecule has 1 amide bonds. The second-order valence-corrected chi connectivity index (χ2v) is 9.96. The average Bonchev–Trinajstić information content (AvgIpc) is 3.14. The van der Waals surface area contributed by atoms with Crippen molar-refractivity contribution >= 4 is 62.9 Å². The number of carbonyl (C=O) groups excluding carboxylic acids is 1. The molecule has 0 saturated carbocycles. The molecular weight excluding hydrogens is 537 g/mol. The van der Waals surface area contributed by atoms with E-state index in [1.807, 2.05) is 31.2 Å². The smallest absolute Gasteiger partial charge is 0.250 e. The fourth-order valence-corrected chi connectivity index (χ4v) is 5.48. The van der Waals surface area contributed by atoms with E-state index in [1.165, 1.54) is 11.3 Å². The number of guanidine groups is 1. The standard InChI is InChI=1S/C19H25N5O3S2.HI/c1-13-7-8-18(28-13)29(26,27)23-10-9-21-19(20-2)22-12-14-11-17(25)24-16-6-4-3-5-15(14)16;/h3-8,14,23H,9-12H2,1-2H3,(H,24,25)(H2,20,21,22);1H. The van der Waals surface area contributed by atoms with E-state index in [0.717, 1.165) is 16.1 Å². The highest BCUT2D eigenvalue weighted by Gasteiger charge is 2.24. The number of benzene rings is 1. The van der Waals surface area contributed by atoms with Crippen molar-refractivity contribution in [1.82, 2.24) is 15.4 Å². The van der Waals surface area contributed by atoms with Crippen LogP contribution in [0.15, 0.2) is 45.6 Å². The number of rotatable bonds is 7. The lowest BCUT2D eigenvalue weighted by Crippen LogP contribution is -2.43. The lowest BCUT2D eigenvalue weighted by Gasteiger charge is -2.26. The average molecular weight is 563 g/mol. The Hall–Kier alpha value is -1.70. The molecule has 1 atom stereocenters. The van der Waals surface area contributed by atoms with Crippen molar-refractivity contribution in [1.29, 1.82) is 0 Å². The van der Waals surface area contributed by atoms with Gasteiger partial charge < -0.3 is 16.0 Å². The minimum Gasteiger partial charge on any atom is -0.356 e. The number of nitrogens with one attached hydrogen (secondary N) is 4. The van der Waals surface area contributed by atoms with Gasteiger partial charge in [-0.1, -0.05) is 18.2 Å². The van der Waals surface area contributed by atoms with Gasteiger partial charge in [0.1, 0.15) is 4.21 Å². The van der Waals surface area contributed by atoms with Crippen LogP contribution < -0.4 is 20.7 Å². The Morgan fingerprint density at radius 2 is 1.97 bits per heavy atom. The number of nitrogens with zero attached hydrogens (tertiary/aromatic N) is 1. The molecule has 0 aliphatic carbocycles. The molecule has 2 heterocycles. The van der Waals surface area contributed by atoms with Gasteiger partial charge in [0, 0.05) is 49.6 Å². The van der Waals surface area contributed by atoms with Crippen LogP contribution in [-0.4, -0.2) is 47.0 Å². The van der Waals surface area contributed by atoms with E-state index in [0.29, 0.717) is 29.7 Å².